The molecule has 7 rings (SSSR count). The number of aromatic nitrogens is 2. The van der Waals surface area contributed by atoms with Gasteiger partial charge in [0.1, 0.15) is 54.4 Å². The molecule has 0 bridgehead atoms. The van der Waals surface area contributed by atoms with Crippen LogP contribution in [0, 0.1) is 11.8 Å². The van der Waals surface area contributed by atoms with Crippen molar-refractivity contribution in [3.8, 4) is 0 Å². The maximum absolute atomic E-state index is 15.3. The summed E-state index contributed by atoms with van der Waals surface area (Å²) in [6.07, 6.45) is 1.63. The number of nitrogens with two attached hydrogens (primary N) is 3. The third kappa shape index (κ3) is 21.3. The first kappa shape index (κ1) is 73.9. The number of carbonyl (C=O) groups is 12. The average molecular weight is 1340 g/mol. The lowest BCUT2D eigenvalue weighted by atomic mass is 9.99. The maximum atomic E-state index is 15.3. The molecule has 18 N–H and O–H groups in total. The Kier molecular flexibility index (Phi) is 26.9. The summed E-state index contributed by atoms with van der Waals surface area (Å²) < 4.78 is 0. The Bertz CT molecular complexity index is 3760. The van der Waals surface area contributed by atoms with Gasteiger partial charge in [0.2, 0.25) is 59.1 Å². The van der Waals surface area contributed by atoms with Crippen LogP contribution in [0.3, 0.4) is 0 Å². The predicted octanol–water partition coefficient (Wildman–Crippen LogP) is 0.992. The van der Waals surface area contributed by atoms with Gasteiger partial charge in [-0.15, -0.1) is 0 Å². The lowest BCUT2D eigenvalue weighted by Gasteiger charge is -2.31. The molecule has 0 spiro atoms. The van der Waals surface area contributed by atoms with Crippen molar-refractivity contribution in [1.29, 1.82) is 0 Å². The number of primary amides is 1. The molecule has 1 fully saturated rings. The number of carbonyl (C=O) groups excluding carboxylic acids is 10. The molecule has 28 nitrogen and oxygen atoms in total. The fourth-order valence-corrected chi connectivity index (χ4v) is 11.6. The Hall–Kier alpha value is -10.5. The highest BCUT2D eigenvalue weighted by molar-refractivity contribution is 6.01. The lowest BCUT2D eigenvalue weighted by molar-refractivity contribution is -0.144. The molecule has 2 aromatic heterocycles. The molecule has 1 saturated heterocycles. The molecule has 97 heavy (non-hydrogen) atoms. The van der Waals surface area contributed by atoms with Gasteiger partial charge in [0.15, 0.2) is 0 Å². The average Bonchev–Trinajstić information content (AvgIpc) is 1.73. The second kappa shape index (κ2) is 35.3. The van der Waals surface area contributed by atoms with E-state index >= 15 is 4.79 Å². The number of para-hydroxylation sites is 2. The molecule has 6 aromatic rings. The number of amides is 10. The second-order valence-corrected chi connectivity index (χ2v) is 25.1. The van der Waals surface area contributed by atoms with Crippen LogP contribution in [-0.4, -0.2) is 170 Å². The van der Waals surface area contributed by atoms with Crippen LogP contribution >= 0.6 is 0 Å². The molecular weight excluding hydrogens is 1250 g/mol. The summed E-state index contributed by atoms with van der Waals surface area (Å²) in [5, 5.41) is 42.3. The Morgan fingerprint density at radius 3 is 1.45 bits per heavy atom. The Balaban J connectivity index is 1.13. The van der Waals surface area contributed by atoms with E-state index in [4.69, 9.17) is 17.2 Å². The zero-order valence-corrected chi connectivity index (χ0v) is 54.6. The molecular formula is C69H88N14O14. The van der Waals surface area contributed by atoms with Crippen molar-refractivity contribution < 1.29 is 67.7 Å². The number of aromatic amines is 2. The third-order valence-corrected chi connectivity index (χ3v) is 16.8. The summed E-state index contributed by atoms with van der Waals surface area (Å²) in [5.74, 6) is -12.4. The first-order valence-electron chi connectivity index (χ1n) is 32.4. The zero-order valence-electron chi connectivity index (χ0n) is 54.6. The van der Waals surface area contributed by atoms with Gasteiger partial charge in [-0.1, -0.05) is 125 Å². The molecule has 1 aliphatic rings. The molecule has 1 aliphatic heterocycles. The van der Waals surface area contributed by atoms with E-state index in [0.717, 1.165) is 10.9 Å². The Morgan fingerprint density at radius 1 is 0.515 bits per heavy atom. The van der Waals surface area contributed by atoms with Crippen molar-refractivity contribution in [2.75, 3.05) is 13.1 Å². The van der Waals surface area contributed by atoms with Crippen molar-refractivity contribution in [3.05, 3.63) is 144 Å². The van der Waals surface area contributed by atoms with Gasteiger partial charge in [-0.3, -0.25) is 52.7 Å². The minimum Gasteiger partial charge on any atom is -0.481 e. The molecule has 0 saturated carbocycles. The van der Waals surface area contributed by atoms with Gasteiger partial charge in [0, 0.05) is 66.4 Å². The highest BCUT2D eigenvalue weighted by atomic mass is 16.4. The molecule has 0 radical (unpaired) electrons. The van der Waals surface area contributed by atoms with E-state index in [0.29, 0.717) is 46.0 Å². The first-order chi connectivity index (χ1) is 46.3. The minimum atomic E-state index is -1.95. The topological polar surface area (TPSA) is 454 Å². The van der Waals surface area contributed by atoms with Crippen molar-refractivity contribution in [2.45, 2.75) is 159 Å². The van der Waals surface area contributed by atoms with Crippen molar-refractivity contribution in [3.63, 3.8) is 0 Å². The highest BCUT2D eigenvalue weighted by Gasteiger charge is 2.42. The van der Waals surface area contributed by atoms with E-state index in [1.165, 1.54) is 4.90 Å². The SMILES string of the molecule is CC(C)C[C@H](NC(=O)[C@H](CCCN)NC(=O)[C@@H](N)C(C)C)C(=O)N[C@@H](Cc1c[nH]c2ccccc12)C(=O)N1CCC[C@H]1C(=O)N[C@@H](Cc1ccccc1)C(=O)N[C@@H](Cc1ccccc1)C(=O)N[C@@H](CC(N)=O)C(=O)N[C@@H](CC(=O)O)C(=O)N[C@@H](Cc1c[nH]c2ccccc12)C(=O)O. The van der Waals surface area contributed by atoms with Crippen molar-refractivity contribution >= 4 is 92.8 Å². The van der Waals surface area contributed by atoms with E-state index in [1.807, 2.05) is 38.1 Å². The van der Waals surface area contributed by atoms with Gasteiger partial charge >= 0.3 is 11.9 Å². The molecule has 0 unspecified atom stereocenters. The van der Waals surface area contributed by atoms with Gasteiger partial charge in [0.05, 0.1) is 18.9 Å². The van der Waals surface area contributed by atoms with Crippen LogP contribution in [0.5, 0.6) is 0 Å². The fourth-order valence-electron chi connectivity index (χ4n) is 11.6. The normalized spacial score (nSPS) is 15.7. The quantitative estimate of drug-likeness (QED) is 0.0261. The van der Waals surface area contributed by atoms with Gasteiger partial charge in [-0.05, 0) is 84.9 Å². The fraction of sp³-hybridized carbons (Fsp3) is 0.420. The summed E-state index contributed by atoms with van der Waals surface area (Å²) in [7, 11) is 0. The van der Waals surface area contributed by atoms with Crippen molar-refractivity contribution in [2.24, 2.45) is 29.0 Å². The van der Waals surface area contributed by atoms with Crippen LogP contribution in [0.15, 0.2) is 122 Å². The number of nitrogens with zero attached hydrogens (tertiary/aromatic N) is 1. The molecule has 518 valence electrons. The van der Waals surface area contributed by atoms with E-state index < -0.39 is 144 Å². The van der Waals surface area contributed by atoms with Crippen LogP contribution in [0.1, 0.15) is 94.9 Å². The maximum Gasteiger partial charge on any atom is 0.326 e. The highest BCUT2D eigenvalue weighted by Crippen LogP contribution is 2.25. The van der Waals surface area contributed by atoms with Gasteiger partial charge in [0.25, 0.3) is 0 Å². The number of aliphatic carboxylic acids is 2. The number of nitrogens with one attached hydrogen (secondary N) is 10. The first-order valence-corrected chi connectivity index (χ1v) is 32.4. The molecule has 10 atom stereocenters. The third-order valence-electron chi connectivity index (χ3n) is 16.8. The second-order valence-electron chi connectivity index (χ2n) is 25.1. The van der Waals surface area contributed by atoms with E-state index in [-0.39, 0.29) is 69.9 Å². The van der Waals surface area contributed by atoms with Crippen LogP contribution in [0.25, 0.3) is 21.8 Å². The van der Waals surface area contributed by atoms with Gasteiger partial charge < -0.3 is 84.8 Å². The largest absolute Gasteiger partial charge is 0.481 e. The van der Waals surface area contributed by atoms with Crippen LogP contribution in [0.2, 0.25) is 0 Å². The number of rotatable bonds is 36. The number of fused-ring (bicyclic) bond motifs is 2. The molecule has 3 heterocycles. The summed E-state index contributed by atoms with van der Waals surface area (Å²) in [4.78, 5) is 175. The summed E-state index contributed by atoms with van der Waals surface area (Å²) in [6.45, 7) is 7.49. The van der Waals surface area contributed by atoms with E-state index in [9.17, 15) is 63.0 Å². The van der Waals surface area contributed by atoms with Gasteiger partial charge in [-0.2, -0.15) is 0 Å². The van der Waals surface area contributed by atoms with E-state index in [2.05, 4.69) is 52.5 Å². The number of hydrogen-bond donors (Lipinski definition) is 15. The summed E-state index contributed by atoms with van der Waals surface area (Å²) in [6, 6.07) is 16.9. The minimum absolute atomic E-state index is 0.0513. The van der Waals surface area contributed by atoms with Gasteiger partial charge in [-0.25, -0.2) is 4.79 Å². The standard InChI is InChI=1S/C69H88N14O14/c1-38(2)29-49(76-60(87)48(25-15-27-70)75-67(94)59(72)39(3)4)61(88)81-54(32-42-36-73-46-23-13-11-21-44(42)46)68(95)83-28-16-26-56(83)66(93)80-51(31-41-19-9-6-10-20-41)63(90)77-50(30-40-17-7-5-8-18-40)62(89)78-52(34-57(71)84)64(91)79-53(35-58(85)86)65(92)82-55(69(96)97)33-43-37-74-47-24-14-12-22-45(43)47/h5-14,17-24,36-39,48-56,59,73-74H,15-16,25-35,70,72H2,1-4H3,(H2,71,84)(H,75,94)(H,76,87)(H,77,90)(H,78,89)(H,79,91)(H,80,93)(H,81,88)(H,82,92)(H,85,86)(H,96,97)/t48-,49-,50-,51-,52-,53-,54-,55-,56-,59-/m0/s1. The lowest BCUT2D eigenvalue weighted by Crippen LogP contribution is -2.61. The Labute approximate surface area is 560 Å². The number of carboxylic acids is 2. The van der Waals surface area contributed by atoms with Crippen molar-refractivity contribution in [1.82, 2.24) is 57.4 Å². The van der Waals surface area contributed by atoms with Crippen LogP contribution in [0.4, 0.5) is 0 Å². The molecule has 0 aliphatic carbocycles. The molecule has 4 aromatic carbocycles. The number of H-pyrrole nitrogens is 2. The number of benzene rings is 4. The monoisotopic (exact) mass is 1340 g/mol. The number of carboxylic acid groups (broad SMARTS) is 2. The summed E-state index contributed by atoms with van der Waals surface area (Å²) in [5.41, 5.74) is 21.2. The predicted molar refractivity (Wildman–Crippen MR) is 359 cm³/mol. The number of hydrogen-bond acceptors (Lipinski definition) is 14. The zero-order chi connectivity index (χ0) is 70.5. The number of likely N-dealkylation sites (tertiary alicyclic amines) is 1. The molecule has 28 heteroatoms. The van der Waals surface area contributed by atoms with Crippen LogP contribution < -0.4 is 59.7 Å². The smallest absolute Gasteiger partial charge is 0.326 e. The summed E-state index contributed by atoms with van der Waals surface area (Å²) >= 11 is 0. The molecule has 10 amide bonds. The van der Waals surface area contributed by atoms with Crippen LogP contribution in [-0.2, 0) is 83.2 Å². The Morgan fingerprint density at radius 2 is 0.948 bits per heavy atom. The van der Waals surface area contributed by atoms with E-state index in [1.54, 1.807) is 111 Å².